The van der Waals surface area contributed by atoms with Crippen molar-refractivity contribution in [3.63, 3.8) is 0 Å². The second kappa shape index (κ2) is 8.53. The van der Waals surface area contributed by atoms with Crippen molar-refractivity contribution in [1.82, 2.24) is 15.2 Å². The molecule has 2 N–H and O–H groups in total. The molecule has 0 bridgehead atoms. The van der Waals surface area contributed by atoms with Crippen LogP contribution in [0.5, 0.6) is 0 Å². The van der Waals surface area contributed by atoms with Gasteiger partial charge in [0.15, 0.2) is 0 Å². The number of carbonyl (C=O) groups excluding carboxylic acids is 2. The van der Waals surface area contributed by atoms with Crippen LogP contribution < -0.4 is 15.5 Å². The first-order chi connectivity index (χ1) is 12.6. The molecule has 8 heteroatoms. The predicted octanol–water partition coefficient (Wildman–Crippen LogP) is 2.21. The van der Waals surface area contributed by atoms with E-state index in [0.717, 1.165) is 5.82 Å². The average Bonchev–Trinajstić information content (AvgIpc) is 2.69. The molecule has 1 aliphatic heterocycles. The summed E-state index contributed by atoms with van der Waals surface area (Å²) in [5.74, 6) is 0.588. The Labute approximate surface area is 157 Å². The average molecular weight is 374 g/mol. The molecule has 3 rings (SSSR count). The Bertz CT molecular complexity index is 763. The second-order valence-corrected chi connectivity index (χ2v) is 6.26. The number of para-hydroxylation sites is 1. The molecule has 1 saturated heterocycles. The second-order valence-electron chi connectivity index (χ2n) is 5.85. The molecule has 7 nitrogen and oxygen atoms in total. The van der Waals surface area contributed by atoms with Crippen LogP contribution in [-0.4, -0.2) is 54.5 Å². The Hall–Kier alpha value is -2.80. The van der Waals surface area contributed by atoms with Gasteiger partial charge in [-0.2, -0.15) is 0 Å². The van der Waals surface area contributed by atoms with E-state index in [4.69, 9.17) is 11.6 Å². The number of carbonyl (C=O) groups is 2. The summed E-state index contributed by atoms with van der Waals surface area (Å²) >= 11 is 6.00. The number of nitrogens with one attached hydrogen (secondary N) is 2. The molecule has 0 spiro atoms. The van der Waals surface area contributed by atoms with Crippen LogP contribution >= 0.6 is 11.6 Å². The molecule has 3 amide bonds. The van der Waals surface area contributed by atoms with E-state index in [-0.39, 0.29) is 18.5 Å². The summed E-state index contributed by atoms with van der Waals surface area (Å²) < 4.78 is 0. The Morgan fingerprint density at radius 3 is 2.46 bits per heavy atom. The number of amides is 3. The highest BCUT2D eigenvalue weighted by Crippen LogP contribution is 2.20. The van der Waals surface area contributed by atoms with E-state index in [1.807, 2.05) is 18.2 Å². The van der Waals surface area contributed by atoms with Crippen LogP contribution in [0.2, 0.25) is 5.02 Å². The van der Waals surface area contributed by atoms with Crippen molar-refractivity contribution in [3.05, 3.63) is 53.7 Å². The number of halogens is 1. The molecule has 2 aromatic rings. The van der Waals surface area contributed by atoms with E-state index in [9.17, 15) is 9.59 Å². The van der Waals surface area contributed by atoms with Crippen molar-refractivity contribution >= 4 is 35.0 Å². The molecule has 0 atom stereocenters. The summed E-state index contributed by atoms with van der Waals surface area (Å²) in [5, 5.41) is 5.78. The number of hydrogen-bond donors (Lipinski definition) is 2. The van der Waals surface area contributed by atoms with Crippen LogP contribution in [0.1, 0.15) is 0 Å². The quantitative estimate of drug-likeness (QED) is 0.861. The Morgan fingerprint density at radius 2 is 1.77 bits per heavy atom. The summed E-state index contributed by atoms with van der Waals surface area (Å²) in [5.41, 5.74) is 0.525. The molecular weight excluding hydrogens is 354 g/mol. The molecule has 26 heavy (non-hydrogen) atoms. The zero-order valence-electron chi connectivity index (χ0n) is 14.2. The molecule has 0 aliphatic carbocycles. The Morgan fingerprint density at radius 1 is 1.04 bits per heavy atom. The molecule has 1 aromatic heterocycles. The number of urea groups is 1. The lowest BCUT2D eigenvalue weighted by Crippen LogP contribution is -2.52. The summed E-state index contributed by atoms with van der Waals surface area (Å²) in [6.45, 7) is 2.46. The minimum absolute atomic E-state index is 0.107. The summed E-state index contributed by atoms with van der Waals surface area (Å²) in [6, 6.07) is 12.5. The van der Waals surface area contributed by atoms with Gasteiger partial charge in [0.1, 0.15) is 5.82 Å². The highest BCUT2D eigenvalue weighted by molar-refractivity contribution is 6.33. The highest BCUT2D eigenvalue weighted by Gasteiger charge is 2.22. The Balaban J connectivity index is 1.43. The maximum atomic E-state index is 12.2. The number of aromatic nitrogens is 1. The van der Waals surface area contributed by atoms with Gasteiger partial charge < -0.3 is 20.4 Å². The third kappa shape index (κ3) is 4.64. The minimum Gasteiger partial charge on any atom is -0.353 e. The number of piperazine rings is 1. The highest BCUT2D eigenvalue weighted by atomic mass is 35.5. The van der Waals surface area contributed by atoms with E-state index >= 15 is 0 Å². The third-order valence-electron chi connectivity index (χ3n) is 4.09. The fourth-order valence-electron chi connectivity index (χ4n) is 2.70. The van der Waals surface area contributed by atoms with Crippen LogP contribution in [0, 0.1) is 0 Å². The zero-order valence-corrected chi connectivity index (χ0v) is 14.9. The van der Waals surface area contributed by atoms with Crippen molar-refractivity contribution in [2.75, 3.05) is 42.9 Å². The Kier molecular flexibility index (Phi) is 5.91. The van der Waals surface area contributed by atoms with Crippen molar-refractivity contribution in [2.45, 2.75) is 0 Å². The lowest BCUT2D eigenvalue weighted by molar-refractivity contribution is -0.115. The van der Waals surface area contributed by atoms with Crippen molar-refractivity contribution < 1.29 is 9.59 Å². The van der Waals surface area contributed by atoms with Gasteiger partial charge in [0.25, 0.3) is 0 Å². The fourth-order valence-corrected chi connectivity index (χ4v) is 2.89. The first kappa shape index (κ1) is 18.0. The summed E-state index contributed by atoms with van der Waals surface area (Å²) in [4.78, 5) is 32.4. The van der Waals surface area contributed by atoms with Gasteiger partial charge in [0.2, 0.25) is 5.91 Å². The van der Waals surface area contributed by atoms with Gasteiger partial charge in [-0.05, 0) is 24.3 Å². The molecule has 2 heterocycles. The topological polar surface area (TPSA) is 77.6 Å². The molecule has 1 fully saturated rings. The van der Waals surface area contributed by atoms with E-state index < -0.39 is 0 Å². The lowest BCUT2D eigenvalue weighted by Gasteiger charge is -2.35. The smallest absolute Gasteiger partial charge is 0.317 e. The van der Waals surface area contributed by atoms with Gasteiger partial charge >= 0.3 is 6.03 Å². The number of rotatable bonds is 4. The zero-order chi connectivity index (χ0) is 18.4. The fraction of sp³-hybridized carbons (Fsp3) is 0.278. The first-order valence-electron chi connectivity index (χ1n) is 8.36. The van der Waals surface area contributed by atoms with E-state index in [0.29, 0.717) is 36.9 Å². The summed E-state index contributed by atoms with van der Waals surface area (Å²) in [6.07, 6.45) is 1.76. The van der Waals surface area contributed by atoms with Gasteiger partial charge in [-0.15, -0.1) is 0 Å². The van der Waals surface area contributed by atoms with Gasteiger partial charge in [0, 0.05) is 32.4 Å². The van der Waals surface area contributed by atoms with Gasteiger partial charge in [0.05, 0.1) is 17.3 Å². The van der Waals surface area contributed by atoms with Crippen LogP contribution in [0.15, 0.2) is 48.7 Å². The maximum Gasteiger partial charge on any atom is 0.317 e. The van der Waals surface area contributed by atoms with Gasteiger partial charge in [-0.3, -0.25) is 4.79 Å². The van der Waals surface area contributed by atoms with E-state index in [1.54, 1.807) is 35.4 Å². The first-order valence-corrected chi connectivity index (χ1v) is 8.74. The largest absolute Gasteiger partial charge is 0.353 e. The minimum atomic E-state index is -0.321. The van der Waals surface area contributed by atoms with Crippen LogP contribution in [0.25, 0.3) is 0 Å². The van der Waals surface area contributed by atoms with E-state index in [2.05, 4.69) is 20.5 Å². The van der Waals surface area contributed by atoms with Gasteiger partial charge in [-0.25, -0.2) is 9.78 Å². The molecular formula is C18H20ClN5O2. The monoisotopic (exact) mass is 373 g/mol. The standard InChI is InChI=1S/C18H20ClN5O2/c19-14-5-1-2-6-15(14)22-17(25)13-21-18(26)24-11-9-23(10-12-24)16-7-3-4-8-20-16/h1-8H,9-13H2,(H,21,26)(H,22,25). The SMILES string of the molecule is O=C(CNC(=O)N1CCN(c2ccccn2)CC1)Nc1ccccc1Cl. The maximum absolute atomic E-state index is 12.2. The number of anilines is 2. The lowest BCUT2D eigenvalue weighted by atomic mass is 10.3. The van der Waals surface area contributed by atoms with Crippen molar-refractivity contribution in [1.29, 1.82) is 0 Å². The third-order valence-corrected chi connectivity index (χ3v) is 4.42. The van der Waals surface area contributed by atoms with Crippen LogP contribution in [0.4, 0.5) is 16.3 Å². The number of benzene rings is 1. The summed E-state index contributed by atoms with van der Waals surface area (Å²) in [7, 11) is 0. The molecule has 136 valence electrons. The number of hydrogen-bond acceptors (Lipinski definition) is 4. The van der Waals surface area contributed by atoms with Crippen molar-refractivity contribution in [3.8, 4) is 0 Å². The van der Waals surface area contributed by atoms with Crippen LogP contribution in [0.3, 0.4) is 0 Å². The molecule has 0 saturated carbocycles. The molecule has 1 aromatic carbocycles. The van der Waals surface area contributed by atoms with Crippen molar-refractivity contribution in [2.24, 2.45) is 0 Å². The molecule has 0 radical (unpaired) electrons. The number of pyridine rings is 1. The molecule has 1 aliphatic rings. The normalized spacial score (nSPS) is 14.0. The number of nitrogens with zero attached hydrogens (tertiary/aromatic N) is 3. The van der Waals surface area contributed by atoms with E-state index in [1.165, 1.54) is 0 Å². The predicted molar refractivity (Wildman–Crippen MR) is 102 cm³/mol. The van der Waals surface area contributed by atoms with Gasteiger partial charge in [-0.1, -0.05) is 29.8 Å². The molecule has 0 unspecified atom stereocenters. The van der Waals surface area contributed by atoms with Crippen LogP contribution in [-0.2, 0) is 4.79 Å².